The maximum Gasteiger partial charge on any atom is 0.223 e. The van der Waals surface area contributed by atoms with Crippen LogP contribution in [-0.2, 0) is 14.3 Å². The number of thiazole rings is 1. The van der Waals surface area contributed by atoms with Crippen LogP contribution in [0, 0.1) is 24.2 Å². The molecule has 2 aliphatic rings. The van der Waals surface area contributed by atoms with Crippen LogP contribution >= 0.6 is 11.3 Å². The Bertz CT molecular complexity index is 957. The Balaban J connectivity index is 1.85. The molecule has 8 heteroatoms. The predicted molar refractivity (Wildman–Crippen MR) is 138 cm³/mol. The van der Waals surface area contributed by atoms with Gasteiger partial charge in [-0.05, 0) is 51.2 Å². The van der Waals surface area contributed by atoms with Gasteiger partial charge in [-0.25, -0.2) is 4.98 Å². The number of carbonyl (C=O) groups excluding carboxylic acids is 2. The van der Waals surface area contributed by atoms with E-state index < -0.39 is 23.5 Å². The molecule has 3 rings (SSSR count). The smallest absolute Gasteiger partial charge is 0.223 e. The molecule has 7 atom stereocenters. The maximum absolute atomic E-state index is 13.2. The van der Waals surface area contributed by atoms with E-state index in [4.69, 9.17) is 4.74 Å². The van der Waals surface area contributed by atoms with Crippen molar-refractivity contribution in [2.45, 2.75) is 111 Å². The van der Waals surface area contributed by atoms with Gasteiger partial charge in [-0.15, -0.1) is 11.3 Å². The summed E-state index contributed by atoms with van der Waals surface area (Å²) in [6, 6.07) is -0.269. The third-order valence-electron chi connectivity index (χ3n) is 8.07. The molecule has 1 amide bonds. The van der Waals surface area contributed by atoms with E-state index in [0.717, 1.165) is 35.5 Å². The molecule has 1 aromatic rings. The predicted octanol–water partition coefficient (Wildman–Crippen LogP) is 4.05. The summed E-state index contributed by atoms with van der Waals surface area (Å²) in [6.45, 7) is 13.0. The van der Waals surface area contributed by atoms with Crippen molar-refractivity contribution in [1.29, 1.82) is 0 Å². The number of ether oxygens (including phenoxy) is 1. The fourth-order valence-corrected chi connectivity index (χ4v) is 5.76. The van der Waals surface area contributed by atoms with Gasteiger partial charge in [-0.3, -0.25) is 9.59 Å². The normalized spacial score (nSPS) is 37.5. The average Bonchev–Trinajstić information content (AvgIpc) is 3.22. The number of carbonyl (C=O) groups is 2. The Morgan fingerprint density at radius 3 is 2.57 bits per heavy atom. The fourth-order valence-electron chi connectivity index (χ4n) is 5.19. The first-order valence-corrected chi connectivity index (χ1v) is 13.6. The second-order valence-electron chi connectivity index (χ2n) is 11.4. The molecule has 35 heavy (non-hydrogen) atoms. The maximum atomic E-state index is 13.2. The molecule has 3 heterocycles. The van der Waals surface area contributed by atoms with Crippen LogP contribution in [-0.4, -0.2) is 56.8 Å². The first-order chi connectivity index (χ1) is 16.2. The summed E-state index contributed by atoms with van der Waals surface area (Å²) >= 11 is 1.58. The molecule has 2 fully saturated rings. The molecular formula is C27H42N2O5S. The highest BCUT2D eigenvalue weighted by Crippen LogP contribution is 2.44. The zero-order chi connectivity index (χ0) is 26.1. The minimum Gasteiger partial charge on any atom is -0.392 e. The third kappa shape index (κ3) is 6.59. The van der Waals surface area contributed by atoms with Crippen molar-refractivity contribution in [1.82, 2.24) is 10.3 Å². The Morgan fingerprint density at radius 1 is 1.26 bits per heavy atom. The third-order valence-corrected chi connectivity index (χ3v) is 8.86. The number of nitrogens with one attached hydrogen (secondary N) is 1. The van der Waals surface area contributed by atoms with E-state index in [1.54, 1.807) is 32.1 Å². The van der Waals surface area contributed by atoms with Crippen LogP contribution in [0.2, 0.25) is 0 Å². The first-order valence-electron chi connectivity index (χ1n) is 12.7. The standard InChI is InChI=1S/C27H42N2O5S/c1-15-9-8-10-27(7)22(34-27)12-20(16(2)11-19-14-35-18(4)28-19)29-23(31)13-21(30)26(5,6)25(33)17(3)24(15)32/h11,14-15,17,20-22,24,30,32H,8-10,12-13H2,1-7H3,(H,29,31)/t15-,17+,20-,21-,22-,24-,27?/m0/s1. The number of hydrogen-bond donors (Lipinski definition) is 3. The molecular weight excluding hydrogens is 464 g/mol. The Kier molecular flexibility index (Phi) is 8.62. The lowest BCUT2D eigenvalue weighted by atomic mass is 9.72. The van der Waals surface area contributed by atoms with Crippen molar-refractivity contribution in [3.63, 3.8) is 0 Å². The number of ketones is 1. The average molecular weight is 507 g/mol. The van der Waals surface area contributed by atoms with Crippen molar-refractivity contribution in [2.75, 3.05) is 0 Å². The van der Waals surface area contributed by atoms with Gasteiger partial charge in [-0.2, -0.15) is 0 Å². The van der Waals surface area contributed by atoms with Crippen LogP contribution in [0.4, 0.5) is 0 Å². The van der Waals surface area contributed by atoms with Crippen LogP contribution in [0.25, 0.3) is 6.08 Å². The SMILES string of the molecule is CC(=Cc1csc(C)n1)[C@@H]1C[C@@H]2OC2(C)CCC[C@H](C)[C@H](O)[C@@H](C)C(=O)C(C)(C)[C@@H](O)CC(=O)N1. The lowest BCUT2D eigenvalue weighted by molar-refractivity contribution is -0.143. The molecule has 196 valence electrons. The zero-order valence-electron chi connectivity index (χ0n) is 22.1. The molecule has 1 unspecified atom stereocenters. The molecule has 0 radical (unpaired) electrons. The lowest BCUT2D eigenvalue weighted by Crippen LogP contribution is -2.47. The summed E-state index contributed by atoms with van der Waals surface area (Å²) < 4.78 is 6.10. The van der Waals surface area contributed by atoms with E-state index >= 15 is 0 Å². The number of amides is 1. The molecule has 3 N–H and O–H groups in total. The number of aliphatic hydroxyl groups excluding tert-OH is 2. The van der Waals surface area contributed by atoms with Gasteiger partial charge >= 0.3 is 0 Å². The summed E-state index contributed by atoms with van der Waals surface area (Å²) in [5, 5.41) is 27.8. The Hall–Kier alpha value is -1.61. The first kappa shape index (κ1) is 28.0. The second-order valence-corrected chi connectivity index (χ2v) is 12.5. The number of rotatable bonds is 2. The quantitative estimate of drug-likeness (QED) is 0.522. The lowest BCUT2D eigenvalue weighted by Gasteiger charge is -2.34. The molecule has 0 bridgehead atoms. The highest BCUT2D eigenvalue weighted by atomic mass is 32.1. The van der Waals surface area contributed by atoms with E-state index in [1.165, 1.54) is 0 Å². The van der Waals surface area contributed by atoms with Gasteiger partial charge in [0.25, 0.3) is 0 Å². The molecule has 0 aliphatic carbocycles. The van der Waals surface area contributed by atoms with Crippen molar-refractivity contribution in [3.8, 4) is 0 Å². The van der Waals surface area contributed by atoms with Gasteiger partial charge in [0.1, 0.15) is 5.78 Å². The van der Waals surface area contributed by atoms with Crippen molar-refractivity contribution >= 4 is 29.1 Å². The highest BCUT2D eigenvalue weighted by molar-refractivity contribution is 7.09. The van der Waals surface area contributed by atoms with Gasteiger partial charge in [-0.1, -0.05) is 34.1 Å². The van der Waals surface area contributed by atoms with Crippen LogP contribution in [0.15, 0.2) is 11.0 Å². The summed E-state index contributed by atoms with van der Waals surface area (Å²) in [4.78, 5) is 30.8. The van der Waals surface area contributed by atoms with Gasteiger partial charge < -0.3 is 20.3 Å². The molecule has 0 saturated carbocycles. The molecule has 2 aliphatic heterocycles. The molecule has 7 nitrogen and oxygen atoms in total. The number of nitrogens with zero attached hydrogens (tertiary/aromatic N) is 1. The van der Waals surface area contributed by atoms with Gasteiger partial charge in [0.05, 0.1) is 52.5 Å². The summed E-state index contributed by atoms with van der Waals surface area (Å²) in [5.74, 6) is -1.24. The van der Waals surface area contributed by atoms with Gasteiger partial charge in [0.15, 0.2) is 0 Å². The summed E-state index contributed by atoms with van der Waals surface area (Å²) in [5.41, 5.74) is 0.410. The van der Waals surface area contributed by atoms with Gasteiger partial charge in [0, 0.05) is 17.7 Å². The molecule has 1 aromatic heterocycles. The van der Waals surface area contributed by atoms with Gasteiger partial charge in [0.2, 0.25) is 5.91 Å². The van der Waals surface area contributed by atoms with E-state index in [0.29, 0.717) is 6.42 Å². The molecule has 0 spiro atoms. The zero-order valence-corrected chi connectivity index (χ0v) is 22.9. The van der Waals surface area contributed by atoms with Crippen LogP contribution in [0.5, 0.6) is 0 Å². The van der Waals surface area contributed by atoms with Crippen LogP contribution < -0.4 is 5.32 Å². The molecule has 0 aromatic carbocycles. The number of epoxide rings is 1. The highest BCUT2D eigenvalue weighted by Gasteiger charge is 2.52. The Morgan fingerprint density at radius 2 is 1.94 bits per heavy atom. The van der Waals surface area contributed by atoms with E-state index in [1.807, 2.05) is 32.2 Å². The fraction of sp³-hybridized carbons (Fsp3) is 0.741. The van der Waals surface area contributed by atoms with Crippen LogP contribution in [0.3, 0.4) is 0 Å². The number of aryl methyl sites for hydroxylation is 1. The largest absolute Gasteiger partial charge is 0.392 e. The number of Topliss-reactive ketones (excluding diaryl/α,β-unsaturated/α-hetero) is 1. The summed E-state index contributed by atoms with van der Waals surface area (Å²) in [6.07, 6.45) is 2.99. The topological polar surface area (TPSA) is 112 Å². The number of aliphatic hydroxyl groups is 2. The van der Waals surface area contributed by atoms with E-state index in [-0.39, 0.29) is 41.8 Å². The van der Waals surface area contributed by atoms with Crippen molar-refractivity contribution < 1.29 is 24.5 Å². The van der Waals surface area contributed by atoms with Crippen molar-refractivity contribution in [3.05, 3.63) is 21.7 Å². The van der Waals surface area contributed by atoms with E-state index in [9.17, 15) is 19.8 Å². The second kappa shape index (κ2) is 10.8. The number of fused-ring (bicyclic) bond motifs is 1. The van der Waals surface area contributed by atoms with E-state index in [2.05, 4.69) is 17.2 Å². The minimum absolute atomic E-state index is 0.0170. The van der Waals surface area contributed by atoms with Crippen molar-refractivity contribution in [2.24, 2.45) is 17.3 Å². The number of hydrogen-bond acceptors (Lipinski definition) is 7. The Labute approximate surface area is 213 Å². The summed E-state index contributed by atoms with van der Waals surface area (Å²) in [7, 11) is 0. The van der Waals surface area contributed by atoms with Crippen LogP contribution in [0.1, 0.15) is 84.3 Å². The minimum atomic E-state index is -1.17. The molecule has 2 saturated heterocycles. The monoisotopic (exact) mass is 506 g/mol. The number of aromatic nitrogens is 1.